The highest BCUT2D eigenvalue weighted by Gasteiger charge is 2.30. The molecule has 0 unspecified atom stereocenters. The molecule has 0 fully saturated rings. The average molecular weight is 238 g/mol. The molecule has 0 radical (unpaired) electrons. The summed E-state index contributed by atoms with van der Waals surface area (Å²) in [4.78, 5) is 0. The van der Waals surface area contributed by atoms with Gasteiger partial charge in [-0.15, -0.1) is 12.4 Å². The van der Waals surface area contributed by atoms with Gasteiger partial charge >= 0.3 is 6.18 Å². The van der Waals surface area contributed by atoms with Gasteiger partial charge in [0, 0.05) is 0 Å². The molecule has 0 amide bonds. The van der Waals surface area contributed by atoms with E-state index in [1.165, 1.54) is 0 Å². The van der Waals surface area contributed by atoms with E-state index < -0.39 is 11.7 Å². The highest BCUT2D eigenvalue weighted by atomic mass is 35.5. The number of nitriles is 1. The Labute approximate surface area is 90.1 Å². The number of halogens is 4. The van der Waals surface area contributed by atoms with Crippen molar-refractivity contribution in [3.63, 3.8) is 0 Å². The van der Waals surface area contributed by atoms with Crippen LogP contribution in [0.25, 0.3) is 0 Å². The van der Waals surface area contributed by atoms with Crippen LogP contribution in [0.2, 0.25) is 0 Å². The summed E-state index contributed by atoms with van der Waals surface area (Å²) in [6.07, 6.45) is -4.43. The van der Waals surface area contributed by atoms with Crippen LogP contribution in [-0.2, 0) is 6.18 Å². The number of rotatable bonds is 1. The fraction of sp³-hybridized carbons (Fsp3) is 0.125. The van der Waals surface area contributed by atoms with Crippen LogP contribution in [0.1, 0.15) is 11.1 Å². The van der Waals surface area contributed by atoms with Gasteiger partial charge in [0.05, 0.1) is 16.8 Å². The lowest BCUT2D eigenvalue weighted by Gasteiger charge is -2.09. The van der Waals surface area contributed by atoms with Gasteiger partial charge in [-0.3, -0.25) is 5.84 Å². The van der Waals surface area contributed by atoms with Gasteiger partial charge in [0.25, 0.3) is 0 Å². The number of anilines is 1. The van der Waals surface area contributed by atoms with E-state index in [0.717, 1.165) is 18.2 Å². The fourth-order valence-electron chi connectivity index (χ4n) is 0.937. The predicted octanol–water partition coefficient (Wildman–Crippen LogP) is 2.28. The molecule has 0 saturated carbocycles. The number of nitrogen functional groups attached to an aromatic ring is 1. The lowest BCUT2D eigenvalue weighted by Crippen LogP contribution is -2.11. The Hall–Kier alpha value is -1.45. The molecule has 0 aliphatic rings. The summed E-state index contributed by atoms with van der Waals surface area (Å²) in [5.74, 6) is 4.97. The van der Waals surface area contributed by atoms with Crippen molar-refractivity contribution in [3.8, 4) is 6.07 Å². The highest BCUT2D eigenvalue weighted by Crippen LogP contribution is 2.31. The van der Waals surface area contributed by atoms with E-state index in [9.17, 15) is 13.2 Å². The van der Waals surface area contributed by atoms with E-state index in [2.05, 4.69) is 0 Å². The van der Waals surface area contributed by atoms with E-state index in [1.807, 2.05) is 5.43 Å². The van der Waals surface area contributed by atoms with Crippen LogP contribution in [-0.4, -0.2) is 0 Å². The molecule has 1 rings (SSSR count). The van der Waals surface area contributed by atoms with Crippen LogP contribution >= 0.6 is 12.4 Å². The van der Waals surface area contributed by atoms with Gasteiger partial charge in [0.2, 0.25) is 0 Å². The fourth-order valence-corrected chi connectivity index (χ4v) is 0.937. The summed E-state index contributed by atoms with van der Waals surface area (Å²) in [6.45, 7) is 0. The standard InChI is InChI=1S/C8H6F3N3.ClH/c9-8(10,11)6-2-1-5(4-12)7(3-6)14-13;/h1-3,14H,13H2;1H. The molecule has 15 heavy (non-hydrogen) atoms. The molecule has 3 nitrogen and oxygen atoms in total. The third-order valence-corrected chi connectivity index (χ3v) is 1.62. The van der Waals surface area contributed by atoms with Gasteiger partial charge in [-0.25, -0.2) is 0 Å². The number of hydrazine groups is 1. The molecular weight excluding hydrogens is 231 g/mol. The Kier molecular flexibility index (Phi) is 4.40. The largest absolute Gasteiger partial charge is 0.416 e. The van der Waals surface area contributed by atoms with Crippen molar-refractivity contribution in [2.75, 3.05) is 5.43 Å². The van der Waals surface area contributed by atoms with Crippen molar-refractivity contribution in [1.29, 1.82) is 5.26 Å². The Morgan fingerprint density at radius 3 is 2.33 bits per heavy atom. The third kappa shape index (κ3) is 3.01. The first kappa shape index (κ1) is 13.5. The van der Waals surface area contributed by atoms with Crippen molar-refractivity contribution in [2.24, 2.45) is 5.84 Å². The number of nitrogens with two attached hydrogens (primary N) is 1. The van der Waals surface area contributed by atoms with Gasteiger partial charge in [-0.05, 0) is 18.2 Å². The summed E-state index contributed by atoms with van der Waals surface area (Å²) in [5, 5.41) is 8.52. The van der Waals surface area contributed by atoms with Crippen LogP contribution < -0.4 is 11.3 Å². The topological polar surface area (TPSA) is 61.8 Å². The summed E-state index contributed by atoms with van der Waals surface area (Å²) in [7, 11) is 0. The van der Waals surface area contributed by atoms with Crippen LogP contribution in [0.5, 0.6) is 0 Å². The molecule has 0 bridgehead atoms. The van der Waals surface area contributed by atoms with Gasteiger partial charge in [-0.2, -0.15) is 18.4 Å². The number of hydrogen-bond donors (Lipinski definition) is 2. The Morgan fingerprint density at radius 2 is 1.93 bits per heavy atom. The average Bonchev–Trinajstić information content (AvgIpc) is 2.15. The summed E-state index contributed by atoms with van der Waals surface area (Å²) >= 11 is 0. The van der Waals surface area contributed by atoms with E-state index in [0.29, 0.717) is 0 Å². The number of benzene rings is 1. The number of hydrogen-bond acceptors (Lipinski definition) is 3. The molecule has 3 N–H and O–H groups in total. The Balaban J connectivity index is 0.00000196. The first-order chi connectivity index (χ1) is 6.49. The lowest BCUT2D eigenvalue weighted by atomic mass is 10.1. The van der Waals surface area contributed by atoms with Crippen LogP contribution in [0.15, 0.2) is 18.2 Å². The Morgan fingerprint density at radius 1 is 1.33 bits per heavy atom. The molecule has 1 aromatic rings. The second-order valence-electron chi connectivity index (χ2n) is 2.51. The maximum absolute atomic E-state index is 12.2. The maximum atomic E-state index is 12.2. The minimum Gasteiger partial charge on any atom is -0.323 e. The number of alkyl halides is 3. The molecule has 0 atom stereocenters. The lowest BCUT2D eigenvalue weighted by molar-refractivity contribution is -0.137. The SMILES string of the molecule is Cl.N#Cc1ccc(C(F)(F)F)cc1NN. The predicted molar refractivity (Wildman–Crippen MR) is 51.2 cm³/mol. The smallest absolute Gasteiger partial charge is 0.323 e. The van der Waals surface area contributed by atoms with Crippen molar-refractivity contribution in [3.05, 3.63) is 29.3 Å². The van der Waals surface area contributed by atoms with Crippen LogP contribution in [0, 0.1) is 11.3 Å². The van der Waals surface area contributed by atoms with Crippen LogP contribution in [0.4, 0.5) is 18.9 Å². The second kappa shape index (κ2) is 4.87. The molecule has 0 heterocycles. The zero-order valence-electron chi connectivity index (χ0n) is 7.30. The number of nitrogens with zero attached hydrogens (tertiary/aromatic N) is 1. The van der Waals surface area contributed by atoms with E-state index in [4.69, 9.17) is 11.1 Å². The van der Waals surface area contributed by atoms with Crippen molar-refractivity contribution in [1.82, 2.24) is 0 Å². The normalized spacial score (nSPS) is 10.1. The zero-order chi connectivity index (χ0) is 10.8. The van der Waals surface area contributed by atoms with E-state index in [-0.39, 0.29) is 23.7 Å². The Bertz CT molecular complexity index is 384. The van der Waals surface area contributed by atoms with Gasteiger partial charge in [0.15, 0.2) is 0 Å². The monoisotopic (exact) mass is 237 g/mol. The van der Waals surface area contributed by atoms with Crippen molar-refractivity contribution >= 4 is 18.1 Å². The number of nitrogens with one attached hydrogen (secondary N) is 1. The minimum atomic E-state index is -4.43. The van der Waals surface area contributed by atoms with Crippen molar-refractivity contribution in [2.45, 2.75) is 6.18 Å². The van der Waals surface area contributed by atoms with E-state index >= 15 is 0 Å². The summed E-state index contributed by atoms with van der Waals surface area (Å²) < 4.78 is 36.6. The maximum Gasteiger partial charge on any atom is 0.416 e. The quantitative estimate of drug-likeness (QED) is 0.582. The molecule has 82 valence electrons. The van der Waals surface area contributed by atoms with Gasteiger partial charge < -0.3 is 5.43 Å². The summed E-state index contributed by atoms with van der Waals surface area (Å²) in [6, 6.07) is 4.41. The van der Waals surface area contributed by atoms with Gasteiger partial charge in [0.1, 0.15) is 6.07 Å². The first-order valence-electron chi connectivity index (χ1n) is 3.57. The molecule has 0 aromatic heterocycles. The second-order valence-corrected chi connectivity index (χ2v) is 2.51. The molecule has 0 saturated heterocycles. The van der Waals surface area contributed by atoms with E-state index in [1.54, 1.807) is 6.07 Å². The molecule has 1 aromatic carbocycles. The first-order valence-corrected chi connectivity index (χ1v) is 3.57. The highest BCUT2D eigenvalue weighted by molar-refractivity contribution is 5.85. The molecular formula is C8H7ClF3N3. The third-order valence-electron chi connectivity index (χ3n) is 1.62. The van der Waals surface area contributed by atoms with Crippen LogP contribution in [0.3, 0.4) is 0 Å². The van der Waals surface area contributed by atoms with Crippen molar-refractivity contribution < 1.29 is 13.2 Å². The zero-order valence-corrected chi connectivity index (χ0v) is 8.12. The summed E-state index contributed by atoms with van der Waals surface area (Å²) in [5.41, 5.74) is 1.22. The van der Waals surface area contributed by atoms with Gasteiger partial charge in [-0.1, -0.05) is 0 Å². The molecule has 0 spiro atoms. The minimum absolute atomic E-state index is 0. The molecule has 0 aliphatic carbocycles. The molecule has 7 heteroatoms. The molecule has 0 aliphatic heterocycles.